The van der Waals surface area contributed by atoms with Crippen LogP contribution in [0.5, 0.6) is 0 Å². The SMILES string of the molecule is CC(C)(Cc1ccc(Cl)c(C(F)(F)F)c1I)C(N)=O. The first-order chi connectivity index (χ1) is 8.47. The molecule has 0 unspecified atom stereocenters. The molecule has 0 spiro atoms. The van der Waals surface area contributed by atoms with Crippen molar-refractivity contribution < 1.29 is 18.0 Å². The molecule has 0 aromatic heterocycles. The van der Waals surface area contributed by atoms with Crippen molar-refractivity contribution in [2.24, 2.45) is 11.1 Å². The van der Waals surface area contributed by atoms with Crippen molar-refractivity contribution in [2.75, 3.05) is 0 Å². The number of alkyl halides is 3. The predicted molar refractivity (Wildman–Crippen MR) is 75.9 cm³/mol. The normalized spacial score (nSPS) is 12.6. The summed E-state index contributed by atoms with van der Waals surface area (Å²) in [7, 11) is 0. The summed E-state index contributed by atoms with van der Waals surface area (Å²) >= 11 is 7.20. The van der Waals surface area contributed by atoms with Gasteiger partial charge in [-0.2, -0.15) is 13.2 Å². The van der Waals surface area contributed by atoms with Gasteiger partial charge < -0.3 is 5.73 Å². The van der Waals surface area contributed by atoms with Crippen molar-refractivity contribution in [3.05, 3.63) is 31.9 Å². The summed E-state index contributed by atoms with van der Waals surface area (Å²) < 4.78 is 38.7. The molecule has 0 saturated heterocycles. The monoisotopic (exact) mass is 405 g/mol. The summed E-state index contributed by atoms with van der Waals surface area (Å²) in [6, 6.07) is 2.68. The Balaban J connectivity index is 3.30. The van der Waals surface area contributed by atoms with Crippen molar-refractivity contribution >= 4 is 40.1 Å². The highest BCUT2D eigenvalue weighted by atomic mass is 127. The maximum absolute atomic E-state index is 12.9. The highest BCUT2D eigenvalue weighted by Gasteiger charge is 2.37. The van der Waals surface area contributed by atoms with Gasteiger partial charge in [0.25, 0.3) is 0 Å². The van der Waals surface area contributed by atoms with Crippen molar-refractivity contribution in [3.8, 4) is 0 Å². The molecule has 2 N–H and O–H groups in total. The minimum atomic E-state index is -4.53. The molecule has 7 heteroatoms. The molecule has 0 aliphatic heterocycles. The molecule has 1 aromatic carbocycles. The van der Waals surface area contributed by atoms with Crippen LogP contribution < -0.4 is 5.73 Å². The highest BCUT2D eigenvalue weighted by molar-refractivity contribution is 14.1. The second kappa shape index (κ2) is 5.47. The number of hydrogen-bond acceptors (Lipinski definition) is 1. The fraction of sp³-hybridized carbons (Fsp3) is 0.417. The van der Waals surface area contributed by atoms with Crippen LogP contribution in [0.15, 0.2) is 12.1 Å². The van der Waals surface area contributed by atoms with Gasteiger partial charge in [-0.05, 0) is 40.6 Å². The number of halogens is 5. The Labute approximate surface area is 127 Å². The number of rotatable bonds is 3. The summed E-state index contributed by atoms with van der Waals surface area (Å²) in [6.45, 7) is 3.18. The lowest BCUT2D eigenvalue weighted by atomic mass is 9.85. The first kappa shape index (κ1) is 16.6. The zero-order valence-corrected chi connectivity index (χ0v) is 13.2. The largest absolute Gasteiger partial charge is 0.418 e. The van der Waals surface area contributed by atoms with E-state index in [-0.39, 0.29) is 15.0 Å². The lowest BCUT2D eigenvalue weighted by molar-refractivity contribution is -0.138. The van der Waals surface area contributed by atoms with Crippen LogP contribution in [0.25, 0.3) is 0 Å². The van der Waals surface area contributed by atoms with E-state index in [4.69, 9.17) is 17.3 Å². The molecule has 1 aromatic rings. The molecule has 0 fully saturated rings. The van der Waals surface area contributed by atoms with Crippen molar-refractivity contribution in [1.82, 2.24) is 0 Å². The van der Waals surface area contributed by atoms with Crippen molar-refractivity contribution in [1.29, 1.82) is 0 Å². The van der Waals surface area contributed by atoms with Gasteiger partial charge in [-0.3, -0.25) is 4.79 Å². The van der Waals surface area contributed by atoms with Crippen LogP contribution in [-0.2, 0) is 17.4 Å². The van der Waals surface area contributed by atoms with Gasteiger partial charge in [0.1, 0.15) is 0 Å². The second-order valence-corrected chi connectivity index (χ2v) is 6.30. The van der Waals surface area contributed by atoms with E-state index in [2.05, 4.69) is 0 Å². The quantitative estimate of drug-likeness (QED) is 0.759. The lowest BCUT2D eigenvalue weighted by Gasteiger charge is -2.22. The molecule has 0 aliphatic rings. The first-order valence-electron chi connectivity index (χ1n) is 5.31. The summed E-state index contributed by atoms with van der Waals surface area (Å²) in [4.78, 5) is 11.3. The van der Waals surface area contributed by atoms with Crippen molar-refractivity contribution in [3.63, 3.8) is 0 Å². The average Bonchev–Trinajstić information content (AvgIpc) is 2.20. The molecular weight excluding hydrogens is 393 g/mol. The van der Waals surface area contributed by atoms with E-state index in [1.165, 1.54) is 12.1 Å². The van der Waals surface area contributed by atoms with E-state index in [1.54, 1.807) is 36.4 Å². The second-order valence-electron chi connectivity index (χ2n) is 4.82. The molecule has 0 radical (unpaired) electrons. The lowest BCUT2D eigenvalue weighted by Crippen LogP contribution is -2.33. The Bertz CT molecular complexity index is 514. The molecule has 1 amide bonds. The number of carbonyl (C=O) groups is 1. The van der Waals surface area contributed by atoms with E-state index in [9.17, 15) is 18.0 Å². The third kappa shape index (κ3) is 3.75. The Morgan fingerprint density at radius 1 is 1.37 bits per heavy atom. The maximum atomic E-state index is 12.9. The van der Waals surface area contributed by atoms with Gasteiger partial charge in [0.15, 0.2) is 0 Å². The highest BCUT2D eigenvalue weighted by Crippen LogP contribution is 2.40. The van der Waals surface area contributed by atoms with E-state index in [0.717, 1.165) is 0 Å². The Morgan fingerprint density at radius 3 is 2.32 bits per heavy atom. The van der Waals surface area contributed by atoms with E-state index in [0.29, 0.717) is 5.56 Å². The summed E-state index contributed by atoms with van der Waals surface area (Å²) in [5.74, 6) is -0.563. The number of amides is 1. The third-order valence-electron chi connectivity index (χ3n) is 2.75. The Kier molecular flexibility index (Phi) is 4.77. The Morgan fingerprint density at radius 2 is 1.89 bits per heavy atom. The standard InChI is InChI=1S/C12H12ClF3INO/c1-11(2,10(18)19)5-6-3-4-7(13)8(9(6)17)12(14,15)16/h3-4H,5H2,1-2H3,(H2,18,19). The maximum Gasteiger partial charge on any atom is 0.418 e. The van der Waals surface area contributed by atoms with Crippen LogP contribution in [0.3, 0.4) is 0 Å². The van der Waals surface area contributed by atoms with Gasteiger partial charge in [0, 0.05) is 8.99 Å². The number of carbonyl (C=O) groups excluding carboxylic acids is 1. The Hall–Kier alpha value is -0.500. The van der Waals surface area contributed by atoms with E-state index < -0.39 is 23.1 Å². The fourth-order valence-electron chi connectivity index (χ4n) is 1.56. The first-order valence-corrected chi connectivity index (χ1v) is 6.76. The molecule has 0 saturated carbocycles. The number of hydrogen-bond donors (Lipinski definition) is 1. The van der Waals surface area contributed by atoms with Gasteiger partial charge in [0.2, 0.25) is 5.91 Å². The molecule has 1 rings (SSSR count). The van der Waals surface area contributed by atoms with Gasteiger partial charge in [0.05, 0.1) is 10.6 Å². The molecule has 0 atom stereocenters. The van der Waals surface area contributed by atoms with Gasteiger partial charge in [-0.25, -0.2) is 0 Å². The zero-order chi connectivity index (χ0) is 15.0. The molecule has 0 aliphatic carbocycles. The van der Waals surface area contributed by atoms with Gasteiger partial charge >= 0.3 is 6.18 Å². The average molecular weight is 406 g/mol. The number of nitrogens with two attached hydrogens (primary N) is 1. The molecule has 106 valence electrons. The summed E-state index contributed by atoms with van der Waals surface area (Å²) in [5.41, 5.74) is 3.85. The van der Waals surface area contributed by atoms with Crippen LogP contribution in [-0.4, -0.2) is 5.91 Å². The molecule has 19 heavy (non-hydrogen) atoms. The van der Waals surface area contributed by atoms with Gasteiger partial charge in [-0.15, -0.1) is 0 Å². The molecule has 0 heterocycles. The molecule has 2 nitrogen and oxygen atoms in total. The van der Waals surface area contributed by atoms with E-state index >= 15 is 0 Å². The third-order valence-corrected chi connectivity index (χ3v) is 4.30. The smallest absolute Gasteiger partial charge is 0.369 e. The fourth-order valence-corrected chi connectivity index (χ4v) is 2.95. The topological polar surface area (TPSA) is 43.1 Å². The molecule has 0 bridgehead atoms. The van der Waals surface area contributed by atoms with Crippen LogP contribution in [0.1, 0.15) is 25.0 Å². The van der Waals surface area contributed by atoms with Crippen LogP contribution >= 0.6 is 34.2 Å². The minimum Gasteiger partial charge on any atom is -0.369 e. The predicted octanol–water partition coefficient (Wildman–Crippen LogP) is 4.02. The van der Waals surface area contributed by atoms with Crippen LogP contribution in [0.4, 0.5) is 13.2 Å². The molecular formula is C12H12ClF3INO. The summed E-state index contributed by atoms with van der Waals surface area (Å²) in [5, 5.41) is -0.350. The van der Waals surface area contributed by atoms with Crippen LogP contribution in [0, 0.1) is 8.99 Å². The van der Waals surface area contributed by atoms with Crippen LogP contribution in [0.2, 0.25) is 5.02 Å². The van der Waals surface area contributed by atoms with Gasteiger partial charge in [-0.1, -0.05) is 31.5 Å². The zero-order valence-electron chi connectivity index (χ0n) is 10.2. The number of primary amides is 1. The van der Waals surface area contributed by atoms with Crippen molar-refractivity contribution in [2.45, 2.75) is 26.4 Å². The minimum absolute atomic E-state index is 0.00641. The van der Waals surface area contributed by atoms with E-state index in [1.807, 2.05) is 0 Å². The number of benzene rings is 1. The summed E-state index contributed by atoms with van der Waals surface area (Å²) in [6.07, 6.45) is -4.40.